The molecule has 0 amide bonds. The Bertz CT molecular complexity index is 783. The van der Waals surface area contributed by atoms with Crippen LogP contribution >= 0.6 is 0 Å². The van der Waals surface area contributed by atoms with Crippen LogP contribution in [0, 0.1) is 0 Å². The fourth-order valence-electron chi connectivity index (χ4n) is 2.23. The third-order valence-corrected chi connectivity index (χ3v) is 3.24. The molecule has 0 bridgehead atoms. The van der Waals surface area contributed by atoms with E-state index in [4.69, 9.17) is 0 Å². The summed E-state index contributed by atoms with van der Waals surface area (Å²) in [6, 6.07) is 5.32. The lowest BCUT2D eigenvalue weighted by molar-refractivity contribution is -0.141. The molecule has 0 saturated heterocycles. The van der Waals surface area contributed by atoms with Crippen molar-refractivity contribution in [1.82, 2.24) is 19.7 Å². The van der Waals surface area contributed by atoms with E-state index < -0.39 is 11.9 Å². The number of imidazole rings is 1. The molecule has 110 valence electrons. The number of nitrogens with zero attached hydrogens (tertiary/aromatic N) is 3. The molecule has 4 nitrogen and oxygen atoms in total. The highest BCUT2D eigenvalue weighted by atomic mass is 19.4. The molecule has 2 aromatic heterocycles. The van der Waals surface area contributed by atoms with Gasteiger partial charge in [-0.2, -0.15) is 18.3 Å². The van der Waals surface area contributed by atoms with Crippen LogP contribution < -0.4 is 0 Å². The zero-order chi connectivity index (χ0) is 15.2. The van der Waals surface area contributed by atoms with Gasteiger partial charge in [-0.3, -0.25) is 5.10 Å². The SMILES string of the molecule is CC(C)c1nc(C(F)(F)F)cn1-c1ccc2[nH]ncc2c1. The summed E-state index contributed by atoms with van der Waals surface area (Å²) < 4.78 is 40.1. The first-order valence-electron chi connectivity index (χ1n) is 6.46. The molecule has 0 saturated carbocycles. The third-order valence-electron chi connectivity index (χ3n) is 3.24. The molecule has 0 radical (unpaired) electrons. The van der Waals surface area contributed by atoms with Gasteiger partial charge in [0.15, 0.2) is 5.69 Å². The van der Waals surface area contributed by atoms with Gasteiger partial charge >= 0.3 is 6.18 Å². The minimum Gasteiger partial charge on any atom is -0.303 e. The van der Waals surface area contributed by atoms with E-state index in [1.807, 2.05) is 13.8 Å². The maximum atomic E-state index is 12.9. The van der Waals surface area contributed by atoms with Gasteiger partial charge in [-0.1, -0.05) is 13.8 Å². The van der Waals surface area contributed by atoms with Crippen LogP contribution in [-0.2, 0) is 6.18 Å². The summed E-state index contributed by atoms with van der Waals surface area (Å²) in [7, 11) is 0. The second kappa shape index (κ2) is 4.61. The van der Waals surface area contributed by atoms with Gasteiger partial charge in [-0.25, -0.2) is 4.98 Å². The topological polar surface area (TPSA) is 46.5 Å². The van der Waals surface area contributed by atoms with E-state index in [1.54, 1.807) is 24.4 Å². The van der Waals surface area contributed by atoms with Crippen LogP contribution in [-0.4, -0.2) is 19.7 Å². The molecule has 21 heavy (non-hydrogen) atoms. The predicted octanol–water partition coefficient (Wildman–Crippen LogP) is 3.89. The molecule has 0 aliphatic carbocycles. The summed E-state index contributed by atoms with van der Waals surface area (Å²) in [4.78, 5) is 3.74. The van der Waals surface area contributed by atoms with Crippen LogP contribution in [0.4, 0.5) is 13.2 Å². The zero-order valence-corrected chi connectivity index (χ0v) is 11.4. The number of benzene rings is 1. The molecular weight excluding hydrogens is 281 g/mol. The summed E-state index contributed by atoms with van der Waals surface area (Å²) >= 11 is 0. The normalized spacial score (nSPS) is 12.5. The maximum absolute atomic E-state index is 12.9. The summed E-state index contributed by atoms with van der Waals surface area (Å²) in [5.41, 5.74) is 0.593. The molecule has 0 aliphatic rings. The second-order valence-electron chi connectivity index (χ2n) is 5.15. The average Bonchev–Trinajstić information content (AvgIpc) is 3.03. The quantitative estimate of drug-likeness (QED) is 0.779. The van der Waals surface area contributed by atoms with E-state index in [1.165, 1.54) is 4.57 Å². The molecule has 7 heteroatoms. The number of hydrogen-bond acceptors (Lipinski definition) is 2. The lowest BCUT2D eigenvalue weighted by Gasteiger charge is -2.10. The van der Waals surface area contributed by atoms with Crippen molar-refractivity contribution in [2.24, 2.45) is 0 Å². The van der Waals surface area contributed by atoms with Crippen LogP contribution in [0.1, 0.15) is 31.3 Å². The smallest absolute Gasteiger partial charge is 0.303 e. The average molecular weight is 294 g/mol. The van der Waals surface area contributed by atoms with Gasteiger partial charge in [0.2, 0.25) is 0 Å². The summed E-state index contributed by atoms with van der Waals surface area (Å²) in [5, 5.41) is 7.56. The Hall–Kier alpha value is -2.31. The summed E-state index contributed by atoms with van der Waals surface area (Å²) in [6.45, 7) is 3.63. The van der Waals surface area contributed by atoms with Crippen molar-refractivity contribution < 1.29 is 13.2 Å². The van der Waals surface area contributed by atoms with Crippen molar-refractivity contribution in [2.45, 2.75) is 25.9 Å². The molecule has 3 aromatic rings. The highest BCUT2D eigenvalue weighted by Gasteiger charge is 2.35. The van der Waals surface area contributed by atoms with Gasteiger partial charge in [0.1, 0.15) is 5.82 Å². The standard InChI is InChI=1S/C14H13F3N4/c1-8(2)13-19-12(14(15,16)17)7-21(13)10-3-4-11-9(5-10)6-18-20-11/h3-8H,1-2H3,(H,18,20). The van der Waals surface area contributed by atoms with Crippen molar-refractivity contribution in [3.63, 3.8) is 0 Å². The Morgan fingerprint density at radius 2 is 2.00 bits per heavy atom. The number of H-pyrrole nitrogens is 1. The Labute approximate surface area is 118 Å². The van der Waals surface area contributed by atoms with Crippen LogP contribution in [0.25, 0.3) is 16.6 Å². The zero-order valence-electron chi connectivity index (χ0n) is 11.4. The number of alkyl halides is 3. The van der Waals surface area contributed by atoms with E-state index in [9.17, 15) is 13.2 Å². The van der Waals surface area contributed by atoms with Crippen LogP contribution in [0.15, 0.2) is 30.6 Å². The van der Waals surface area contributed by atoms with E-state index in [-0.39, 0.29) is 5.92 Å². The van der Waals surface area contributed by atoms with Crippen molar-refractivity contribution in [3.8, 4) is 5.69 Å². The van der Waals surface area contributed by atoms with E-state index in [0.717, 1.165) is 17.1 Å². The Balaban J connectivity index is 2.17. The Morgan fingerprint density at radius 3 is 2.67 bits per heavy atom. The lowest BCUT2D eigenvalue weighted by atomic mass is 10.2. The van der Waals surface area contributed by atoms with E-state index >= 15 is 0 Å². The fraction of sp³-hybridized carbons (Fsp3) is 0.286. The molecular formula is C14H13F3N4. The number of rotatable bonds is 2. The van der Waals surface area contributed by atoms with Crippen LogP contribution in [0.2, 0.25) is 0 Å². The van der Waals surface area contributed by atoms with Gasteiger partial charge < -0.3 is 4.57 Å². The molecule has 0 atom stereocenters. The van der Waals surface area contributed by atoms with Crippen molar-refractivity contribution in [1.29, 1.82) is 0 Å². The number of hydrogen-bond donors (Lipinski definition) is 1. The number of halogens is 3. The largest absolute Gasteiger partial charge is 0.434 e. The molecule has 3 rings (SSSR count). The Kier molecular flexibility index (Phi) is 3.00. The molecule has 0 fully saturated rings. The highest BCUT2D eigenvalue weighted by molar-refractivity contribution is 5.80. The van der Waals surface area contributed by atoms with Gasteiger partial charge in [0, 0.05) is 23.2 Å². The number of nitrogens with one attached hydrogen (secondary N) is 1. The first kappa shape index (κ1) is 13.7. The molecule has 1 N–H and O–H groups in total. The second-order valence-corrected chi connectivity index (χ2v) is 5.15. The number of aromatic nitrogens is 4. The van der Waals surface area contributed by atoms with Gasteiger partial charge in [-0.05, 0) is 18.2 Å². The maximum Gasteiger partial charge on any atom is 0.434 e. The van der Waals surface area contributed by atoms with Crippen LogP contribution in [0.3, 0.4) is 0 Å². The summed E-state index contributed by atoms with van der Waals surface area (Å²) in [5.74, 6) is 0.256. The van der Waals surface area contributed by atoms with E-state index in [2.05, 4.69) is 15.2 Å². The van der Waals surface area contributed by atoms with Crippen molar-refractivity contribution in [3.05, 3.63) is 42.1 Å². The number of aromatic amines is 1. The Morgan fingerprint density at radius 1 is 1.24 bits per heavy atom. The predicted molar refractivity (Wildman–Crippen MR) is 72.3 cm³/mol. The van der Waals surface area contributed by atoms with Gasteiger partial charge in [-0.15, -0.1) is 0 Å². The highest BCUT2D eigenvalue weighted by Crippen LogP contribution is 2.31. The summed E-state index contributed by atoms with van der Waals surface area (Å²) in [6.07, 6.45) is -1.78. The third kappa shape index (κ3) is 2.39. The van der Waals surface area contributed by atoms with Gasteiger partial charge in [0.25, 0.3) is 0 Å². The monoisotopic (exact) mass is 294 g/mol. The first-order valence-corrected chi connectivity index (χ1v) is 6.46. The molecule has 0 aliphatic heterocycles. The van der Waals surface area contributed by atoms with Crippen LogP contribution in [0.5, 0.6) is 0 Å². The minimum absolute atomic E-state index is 0.124. The first-order chi connectivity index (χ1) is 9.86. The molecule has 0 unspecified atom stereocenters. The molecule has 2 heterocycles. The number of fused-ring (bicyclic) bond motifs is 1. The van der Waals surface area contributed by atoms with Gasteiger partial charge in [0.05, 0.1) is 11.7 Å². The van der Waals surface area contributed by atoms with Crippen molar-refractivity contribution in [2.75, 3.05) is 0 Å². The minimum atomic E-state index is -4.45. The molecule has 1 aromatic carbocycles. The fourth-order valence-corrected chi connectivity index (χ4v) is 2.23. The molecule has 0 spiro atoms. The van der Waals surface area contributed by atoms with Crippen molar-refractivity contribution >= 4 is 10.9 Å². The van der Waals surface area contributed by atoms with E-state index in [0.29, 0.717) is 11.5 Å². The lowest BCUT2D eigenvalue weighted by Crippen LogP contribution is -2.05.